The summed E-state index contributed by atoms with van der Waals surface area (Å²) in [7, 11) is 1.82. The molecule has 4 heteroatoms. The van der Waals surface area contributed by atoms with E-state index in [0.717, 1.165) is 12.0 Å². The third kappa shape index (κ3) is 4.15. The highest BCUT2D eigenvalue weighted by Gasteiger charge is 2.11. The molecular formula is C13H18FNO2. The summed E-state index contributed by atoms with van der Waals surface area (Å²) in [4.78, 5) is 10.4. The van der Waals surface area contributed by atoms with Crippen molar-refractivity contribution in [1.29, 1.82) is 0 Å². The minimum Gasteiger partial charge on any atom is -0.481 e. The number of hydrogen-bond donors (Lipinski definition) is 2. The highest BCUT2D eigenvalue weighted by atomic mass is 19.1. The molecule has 1 atom stereocenters. The Labute approximate surface area is 101 Å². The van der Waals surface area contributed by atoms with Crippen molar-refractivity contribution in [3.05, 3.63) is 35.1 Å². The summed E-state index contributed by atoms with van der Waals surface area (Å²) in [5.41, 5.74) is 1.61. The lowest BCUT2D eigenvalue weighted by atomic mass is 9.99. The van der Waals surface area contributed by atoms with Crippen molar-refractivity contribution in [3.8, 4) is 0 Å². The Hall–Kier alpha value is -1.42. The second kappa shape index (κ2) is 6.35. The number of benzene rings is 1. The third-order valence-corrected chi connectivity index (χ3v) is 2.82. The van der Waals surface area contributed by atoms with Crippen molar-refractivity contribution >= 4 is 5.97 Å². The first-order valence-electron chi connectivity index (χ1n) is 5.69. The molecule has 1 aromatic rings. The van der Waals surface area contributed by atoms with E-state index in [0.29, 0.717) is 12.0 Å². The van der Waals surface area contributed by atoms with Gasteiger partial charge in [0.2, 0.25) is 0 Å². The predicted octanol–water partition coefficient (Wildman–Crippen LogP) is 2.65. The van der Waals surface area contributed by atoms with Crippen LogP contribution < -0.4 is 5.32 Å². The van der Waals surface area contributed by atoms with Crippen LogP contribution in [0.5, 0.6) is 0 Å². The molecule has 1 aromatic carbocycles. The fourth-order valence-electron chi connectivity index (χ4n) is 1.82. The summed E-state index contributed by atoms with van der Waals surface area (Å²) in [5.74, 6) is -0.996. The summed E-state index contributed by atoms with van der Waals surface area (Å²) in [6, 6.07) is 5.07. The van der Waals surface area contributed by atoms with Crippen LogP contribution >= 0.6 is 0 Å². The van der Waals surface area contributed by atoms with Crippen molar-refractivity contribution < 1.29 is 14.3 Å². The van der Waals surface area contributed by atoms with Gasteiger partial charge in [0.05, 0.1) is 0 Å². The van der Waals surface area contributed by atoms with Gasteiger partial charge in [0, 0.05) is 12.5 Å². The normalized spacial score (nSPS) is 12.4. The first-order chi connectivity index (χ1) is 8.04. The van der Waals surface area contributed by atoms with E-state index >= 15 is 0 Å². The largest absolute Gasteiger partial charge is 0.481 e. The maximum Gasteiger partial charge on any atom is 0.303 e. The van der Waals surface area contributed by atoms with Gasteiger partial charge in [-0.05, 0) is 44.0 Å². The van der Waals surface area contributed by atoms with E-state index in [1.807, 2.05) is 7.05 Å². The Kier molecular flexibility index (Phi) is 5.10. The standard InChI is InChI=1S/C13H18FNO2/c1-9-8-10(6-7-11(9)14)12(15-2)4-3-5-13(16)17/h6-8,12,15H,3-5H2,1-2H3,(H,16,17). The van der Waals surface area contributed by atoms with E-state index in [9.17, 15) is 9.18 Å². The Morgan fingerprint density at radius 1 is 1.53 bits per heavy atom. The lowest BCUT2D eigenvalue weighted by molar-refractivity contribution is -0.137. The first kappa shape index (κ1) is 13.6. The van der Waals surface area contributed by atoms with Gasteiger partial charge in [-0.1, -0.05) is 12.1 Å². The Bertz CT molecular complexity index is 393. The van der Waals surface area contributed by atoms with Crippen LogP contribution in [0.1, 0.15) is 36.4 Å². The van der Waals surface area contributed by atoms with E-state index in [1.54, 1.807) is 19.1 Å². The second-order valence-electron chi connectivity index (χ2n) is 4.14. The SMILES string of the molecule is CNC(CCCC(=O)O)c1ccc(F)c(C)c1. The summed E-state index contributed by atoms with van der Waals surface area (Å²) in [6.45, 7) is 1.73. The van der Waals surface area contributed by atoms with Gasteiger partial charge in [0.1, 0.15) is 5.82 Å². The van der Waals surface area contributed by atoms with Gasteiger partial charge >= 0.3 is 5.97 Å². The Morgan fingerprint density at radius 2 is 2.24 bits per heavy atom. The summed E-state index contributed by atoms with van der Waals surface area (Å²) >= 11 is 0. The number of nitrogens with one attached hydrogen (secondary N) is 1. The molecule has 17 heavy (non-hydrogen) atoms. The van der Waals surface area contributed by atoms with Crippen LogP contribution in [0.25, 0.3) is 0 Å². The molecule has 0 radical (unpaired) electrons. The van der Waals surface area contributed by atoms with Gasteiger partial charge in [0.15, 0.2) is 0 Å². The van der Waals surface area contributed by atoms with Crippen LogP contribution in [0.15, 0.2) is 18.2 Å². The molecule has 0 saturated heterocycles. The lowest BCUT2D eigenvalue weighted by Gasteiger charge is -2.16. The van der Waals surface area contributed by atoms with Crippen LogP contribution in [-0.2, 0) is 4.79 Å². The minimum atomic E-state index is -0.782. The monoisotopic (exact) mass is 239 g/mol. The van der Waals surface area contributed by atoms with E-state index in [-0.39, 0.29) is 18.3 Å². The molecule has 0 amide bonds. The van der Waals surface area contributed by atoms with Gasteiger partial charge in [-0.3, -0.25) is 4.79 Å². The van der Waals surface area contributed by atoms with Gasteiger partial charge in [-0.15, -0.1) is 0 Å². The highest BCUT2D eigenvalue weighted by molar-refractivity contribution is 5.66. The number of halogens is 1. The van der Waals surface area contributed by atoms with Crippen molar-refractivity contribution in [2.75, 3.05) is 7.05 Å². The van der Waals surface area contributed by atoms with Crippen LogP contribution in [0, 0.1) is 12.7 Å². The van der Waals surface area contributed by atoms with Gasteiger partial charge in [-0.2, -0.15) is 0 Å². The van der Waals surface area contributed by atoms with Crippen molar-refractivity contribution in [2.45, 2.75) is 32.2 Å². The molecule has 0 saturated carbocycles. The van der Waals surface area contributed by atoms with E-state index in [4.69, 9.17) is 5.11 Å². The fourth-order valence-corrected chi connectivity index (χ4v) is 1.82. The molecule has 2 N–H and O–H groups in total. The maximum atomic E-state index is 13.1. The number of carboxylic acids is 1. The number of rotatable bonds is 6. The zero-order valence-electron chi connectivity index (χ0n) is 10.2. The molecular weight excluding hydrogens is 221 g/mol. The maximum absolute atomic E-state index is 13.1. The number of carboxylic acid groups (broad SMARTS) is 1. The fraction of sp³-hybridized carbons (Fsp3) is 0.462. The third-order valence-electron chi connectivity index (χ3n) is 2.82. The summed E-state index contributed by atoms with van der Waals surface area (Å²) in [5, 5.41) is 11.7. The molecule has 0 aliphatic heterocycles. The van der Waals surface area contributed by atoms with Crippen LogP contribution in [0.3, 0.4) is 0 Å². The van der Waals surface area contributed by atoms with E-state index < -0.39 is 5.97 Å². The first-order valence-corrected chi connectivity index (χ1v) is 5.69. The smallest absolute Gasteiger partial charge is 0.303 e. The summed E-state index contributed by atoms with van der Waals surface area (Å²) in [6.07, 6.45) is 1.50. The molecule has 0 spiro atoms. The molecule has 1 unspecified atom stereocenters. The molecule has 0 heterocycles. The van der Waals surface area contributed by atoms with Crippen LogP contribution in [0.4, 0.5) is 4.39 Å². The molecule has 94 valence electrons. The predicted molar refractivity (Wildman–Crippen MR) is 64.4 cm³/mol. The number of hydrogen-bond acceptors (Lipinski definition) is 2. The molecule has 1 rings (SSSR count). The summed E-state index contributed by atoms with van der Waals surface area (Å²) < 4.78 is 13.1. The Balaban J connectivity index is 2.65. The lowest BCUT2D eigenvalue weighted by Crippen LogP contribution is -2.17. The minimum absolute atomic E-state index is 0.0775. The Morgan fingerprint density at radius 3 is 2.76 bits per heavy atom. The highest BCUT2D eigenvalue weighted by Crippen LogP contribution is 2.21. The molecule has 0 aliphatic carbocycles. The molecule has 0 bridgehead atoms. The average Bonchev–Trinajstić information content (AvgIpc) is 2.28. The van der Waals surface area contributed by atoms with E-state index in [2.05, 4.69) is 5.32 Å². The van der Waals surface area contributed by atoms with E-state index in [1.165, 1.54) is 6.07 Å². The van der Waals surface area contributed by atoms with Gasteiger partial charge < -0.3 is 10.4 Å². The van der Waals surface area contributed by atoms with Crippen molar-refractivity contribution in [3.63, 3.8) is 0 Å². The second-order valence-corrected chi connectivity index (χ2v) is 4.14. The zero-order chi connectivity index (χ0) is 12.8. The number of aryl methyl sites for hydroxylation is 1. The van der Waals surface area contributed by atoms with Crippen molar-refractivity contribution in [2.24, 2.45) is 0 Å². The van der Waals surface area contributed by atoms with Crippen molar-refractivity contribution in [1.82, 2.24) is 5.32 Å². The number of aliphatic carboxylic acids is 1. The van der Waals surface area contributed by atoms with Gasteiger partial charge in [-0.25, -0.2) is 4.39 Å². The van der Waals surface area contributed by atoms with Gasteiger partial charge in [0.25, 0.3) is 0 Å². The van der Waals surface area contributed by atoms with Crippen LogP contribution in [0.2, 0.25) is 0 Å². The van der Waals surface area contributed by atoms with Crippen LogP contribution in [-0.4, -0.2) is 18.1 Å². The zero-order valence-corrected chi connectivity index (χ0v) is 10.2. The molecule has 0 aliphatic rings. The molecule has 3 nitrogen and oxygen atoms in total. The number of carbonyl (C=O) groups is 1. The quantitative estimate of drug-likeness (QED) is 0.802. The topological polar surface area (TPSA) is 49.3 Å². The average molecular weight is 239 g/mol. The molecule has 0 aromatic heterocycles. The molecule has 0 fully saturated rings.